The van der Waals surface area contributed by atoms with Crippen LogP contribution in [-0.2, 0) is 4.79 Å². The smallest absolute Gasteiger partial charge is 0.303 e. The Balaban J connectivity index is 2.78. The number of carboxylic acid groups (broad SMARTS) is 1. The summed E-state index contributed by atoms with van der Waals surface area (Å²) in [5.41, 5.74) is 0.332. The Morgan fingerprint density at radius 1 is 1.35 bits per heavy atom. The summed E-state index contributed by atoms with van der Waals surface area (Å²) in [7, 11) is 1.47. The van der Waals surface area contributed by atoms with E-state index in [1.807, 2.05) is 13.8 Å². The van der Waals surface area contributed by atoms with Crippen LogP contribution in [0.3, 0.4) is 0 Å². The molecule has 0 spiro atoms. The summed E-state index contributed by atoms with van der Waals surface area (Å²) in [5.74, 6) is -0.117. The van der Waals surface area contributed by atoms with Crippen LogP contribution < -0.4 is 14.8 Å². The Morgan fingerprint density at radius 3 is 2.61 bits per heavy atom. The molecule has 1 aromatic carbocycles. The minimum Gasteiger partial charge on any atom is -0.493 e. The first-order chi connectivity index (χ1) is 10.8. The molecular formula is C16H22ClNO5. The van der Waals surface area contributed by atoms with Crippen LogP contribution in [0.4, 0.5) is 0 Å². The van der Waals surface area contributed by atoms with Crippen molar-refractivity contribution in [1.82, 2.24) is 5.32 Å². The van der Waals surface area contributed by atoms with E-state index in [-0.39, 0.29) is 18.9 Å². The summed E-state index contributed by atoms with van der Waals surface area (Å²) in [6, 6.07) is 3.06. The number of carboxylic acids is 1. The van der Waals surface area contributed by atoms with Crippen LogP contribution in [0, 0.1) is 5.92 Å². The molecule has 0 aromatic heterocycles. The predicted molar refractivity (Wildman–Crippen MR) is 87.5 cm³/mol. The van der Waals surface area contributed by atoms with Crippen LogP contribution in [0.1, 0.15) is 37.0 Å². The van der Waals surface area contributed by atoms with Crippen molar-refractivity contribution in [3.63, 3.8) is 0 Å². The number of hydrogen-bond donors (Lipinski definition) is 2. The molecule has 128 valence electrons. The summed E-state index contributed by atoms with van der Waals surface area (Å²) in [6.07, 6.45) is 0.369. The molecule has 0 fully saturated rings. The highest BCUT2D eigenvalue weighted by molar-refractivity contribution is 6.32. The lowest BCUT2D eigenvalue weighted by Gasteiger charge is -2.15. The van der Waals surface area contributed by atoms with Gasteiger partial charge in [-0.2, -0.15) is 0 Å². The average Bonchev–Trinajstić information content (AvgIpc) is 2.48. The van der Waals surface area contributed by atoms with Crippen LogP contribution in [0.25, 0.3) is 0 Å². The number of hydrogen-bond acceptors (Lipinski definition) is 4. The van der Waals surface area contributed by atoms with E-state index in [2.05, 4.69) is 5.32 Å². The molecule has 1 rings (SSSR count). The zero-order chi connectivity index (χ0) is 17.4. The molecule has 1 amide bonds. The van der Waals surface area contributed by atoms with E-state index < -0.39 is 5.97 Å². The number of carbonyl (C=O) groups excluding carboxylic acids is 1. The minimum atomic E-state index is -0.893. The number of ether oxygens (including phenoxy) is 2. The molecular weight excluding hydrogens is 322 g/mol. The second kappa shape index (κ2) is 9.25. The minimum absolute atomic E-state index is 0.00629. The first-order valence-corrected chi connectivity index (χ1v) is 7.73. The van der Waals surface area contributed by atoms with Gasteiger partial charge in [0.1, 0.15) is 0 Å². The van der Waals surface area contributed by atoms with Gasteiger partial charge in [0.25, 0.3) is 5.91 Å². The van der Waals surface area contributed by atoms with Crippen molar-refractivity contribution >= 4 is 23.5 Å². The highest BCUT2D eigenvalue weighted by Crippen LogP contribution is 2.36. The molecule has 0 aliphatic heterocycles. The highest BCUT2D eigenvalue weighted by Gasteiger charge is 2.16. The van der Waals surface area contributed by atoms with Gasteiger partial charge in [-0.25, -0.2) is 0 Å². The Hall–Kier alpha value is -1.95. The Bertz CT molecular complexity index is 560. The molecule has 6 nitrogen and oxygen atoms in total. The van der Waals surface area contributed by atoms with Crippen LogP contribution in [0.15, 0.2) is 12.1 Å². The summed E-state index contributed by atoms with van der Waals surface area (Å²) in [4.78, 5) is 22.5. The van der Waals surface area contributed by atoms with Gasteiger partial charge in [0.15, 0.2) is 11.5 Å². The Labute approximate surface area is 140 Å². The van der Waals surface area contributed by atoms with Crippen molar-refractivity contribution in [2.45, 2.75) is 26.7 Å². The number of nitrogens with one attached hydrogen (secondary N) is 1. The molecule has 7 heteroatoms. The van der Waals surface area contributed by atoms with Gasteiger partial charge in [-0.05, 0) is 24.5 Å². The lowest BCUT2D eigenvalue weighted by Crippen LogP contribution is -2.25. The Kier molecular flexibility index (Phi) is 7.68. The summed E-state index contributed by atoms with van der Waals surface area (Å²) < 4.78 is 10.9. The third-order valence-electron chi connectivity index (χ3n) is 2.91. The fourth-order valence-corrected chi connectivity index (χ4v) is 2.05. The number of benzene rings is 1. The third-order valence-corrected chi connectivity index (χ3v) is 3.19. The molecule has 0 unspecified atom stereocenters. The van der Waals surface area contributed by atoms with E-state index in [1.165, 1.54) is 13.2 Å². The molecule has 0 aliphatic rings. The summed E-state index contributed by atoms with van der Waals surface area (Å²) in [5, 5.41) is 11.5. The zero-order valence-electron chi connectivity index (χ0n) is 13.5. The topological polar surface area (TPSA) is 84.9 Å². The third kappa shape index (κ3) is 6.36. The van der Waals surface area contributed by atoms with Crippen LogP contribution in [0.5, 0.6) is 11.5 Å². The maximum Gasteiger partial charge on any atom is 0.303 e. The fourth-order valence-electron chi connectivity index (χ4n) is 1.78. The van der Waals surface area contributed by atoms with Gasteiger partial charge in [-0.1, -0.05) is 25.4 Å². The molecule has 0 saturated heterocycles. The lowest BCUT2D eigenvalue weighted by molar-refractivity contribution is -0.137. The van der Waals surface area contributed by atoms with Crippen molar-refractivity contribution in [2.75, 3.05) is 20.3 Å². The number of halogens is 1. The van der Waals surface area contributed by atoms with Crippen LogP contribution in [0.2, 0.25) is 5.02 Å². The highest BCUT2D eigenvalue weighted by atomic mass is 35.5. The maximum absolute atomic E-state index is 12.1. The van der Waals surface area contributed by atoms with Gasteiger partial charge in [0.05, 0.1) is 18.7 Å². The second-order valence-electron chi connectivity index (χ2n) is 5.45. The molecule has 23 heavy (non-hydrogen) atoms. The van der Waals surface area contributed by atoms with Crippen molar-refractivity contribution in [2.24, 2.45) is 5.92 Å². The molecule has 0 heterocycles. The van der Waals surface area contributed by atoms with Gasteiger partial charge in [0, 0.05) is 18.5 Å². The molecule has 0 aliphatic carbocycles. The van der Waals surface area contributed by atoms with E-state index in [9.17, 15) is 9.59 Å². The molecule has 0 atom stereocenters. The predicted octanol–water partition coefficient (Wildman–Crippen LogP) is 2.98. The average molecular weight is 344 g/mol. The van der Waals surface area contributed by atoms with E-state index >= 15 is 0 Å². The van der Waals surface area contributed by atoms with Crippen molar-refractivity contribution in [3.05, 3.63) is 22.7 Å². The number of amides is 1. The molecule has 2 N–H and O–H groups in total. The first kappa shape index (κ1) is 19.1. The second-order valence-corrected chi connectivity index (χ2v) is 5.85. The van der Waals surface area contributed by atoms with E-state index in [0.29, 0.717) is 41.0 Å². The van der Waals surface area contributed by atoms with Crippen LogP contribution in [-0.4, -0.2) is 37.2 Å². The quantitative estimate of drug-likeness (QED) is 0.673. The molecule has 0 radical (unpaired) electrons. The van der Waals surface area contributed by atoms with Crippen molar-refractivity contribution in [3.8, 4) is 11.5 Å². The van der Waals surface area contributed by atoms with E-state index in [1.54, 1.807) is 6.07 Å². The van der Waals surface area contributed by atoms with Gasteiger partial charge in [-0.15, -0.1) is 0 Å². The normalized spacial score (nSPS) is 10.5. The fraction of sp³-hybridized carbons (Fsp3) is 0.500. The lowest BCUT2D eigenvalue weighted by atomic mass is 10.1. The van der Waals surface area contributed by atoms with E-state index in [0.717, 1.165) is 0 Å². The number of rotatable bonds is 9. The number of carbonyl (C=O) groups is 2. The largest absolute Gasteiger partial charge is 0.493 e. The number of methoxy groups -OCH3 is 1. The zero-order valence-corrected chi connectivity index (χ0v) is 14.3. The van der Waals surface area contributed by atoms with Gasteiger partial charge < -0.3 is 19.9 Å². The summed E-state index contributed by atoms with van der Waals surface area (Å²) in [6.45, 7) is 4.78. The number of aliphatic carboxylic acids is 1. The molecule has 0 bridgehead atoms. The SMILES string of the molecule is COc1cc(C(=O)NCCCC(=O)O)cc(Cl)c1OCC(C)C. The van der Waals surface area contributed by atoms with Gasteiger partial charge in [0.2, 0.25) is 0 Å². The van der Waals surface area contributed by atoms with Crippen LogP contribution >= 0.6 is 11.6 Å². The van der Waals surface area contributed by atoms with Crippen molar-refractivity contribution in [1.29, 1.82) is 0 Å². The van der Waals surface area contributed by atoms with E-state index in [4.69, 9.17) is 26.2 Å². The van der Waals surface area contributed by atoms with Crippen molar-refractivity contribution < 1.29 is 24.2 Å². The maximum atomic E-state index is 12.1. The van der Waals surface area contributed by atoms with Gasteiger partial charge >= 0.3 is 5.97 Å². The molecule has 0 saturated carbocycles. The Morgan fingerprint density at radius 2 is 2.04 bits per heavy atom. The standard InChI is InChI=1S/C16H22ClNO5/c1-10(2)9-23-15-12(17)7-11(8-13(15)22-3)16(21)18-6-4-5-14(19)20/h7-8,10H,4-6,9H2,1-3H3,(H,18,21)(H,19,20). The monoisotopic (exact) mass is 343 g/mol. The first-order valence-electron chi connectivity index (χ1n) is 7.35. The van der Waals surface area contributed by atoms with Gasteiger partial charge in [-0.3, -0.25) is 9.59 Å². The molecule has 1 aromatic rings. The summed E-state index contributed by atoms with van der Waals surface area (Å²) >= 11 is 6.18.